The molecule has 0 saturated heterocycles. The molecule has 4 aromatic rings. The van der Waals surface area contributed by atoms with E-state index in [4.69, 9.17) is 0 Å². The summed E-state index contributed by atoms with van der Waals surface area (Å²) in [6.45, 7) is 6.59. The molecule has 0 saturated carbocycles. The topological polar surface area (TPSA) is 0 Å². The summed E-state index contributed by atoms with van der Waals surface area (Å²) >= 11 is 0. The van der Waals surface area contributed by atoms with Gasteiger partial charge < -0.3 is 0 Å². The zero-order valence-corrected chi connectivity index (χ0v) is 17.6. The van der Waals surface area contributed by atoms with Gasteiger partial charge >= 0.3 is 0 Å². The summed E-state index contributed by atoms with van der Waals surface area (Å²) in [5, 5.41) is 0. The van der Waals surface area contributed by atoms with Crippen LogP contribution >= 0.6 is 0 Å². The van der Waals surface area contributed by atoms with Crippen molar-refractivity contribution in [3.05, 3.63) is 108 Å². The summed E-state index contributed by atoms with van der Waals surface area (Å²) < 4.78 is 0. The SMILES string of the molecule is CCCc1c(-c2ccc(-c3ccc(C)cc3)cc2)cccc1-c1ccccc1C. The molecular formula is C29H28. The maximum absolute atomic E-state index is 2.28. The molecule has 0 heterocycles. The van der Waals surface area contributed by atoms with Crippen molar-refractivity contribution in [1.82, 2.24) is 0 Å². The fourth-order valence-corrected chi connectivity index (χ4v) is 4.09. The molecule has 0 unspecified atom stereocenters. The molecule has 0 aliphatic rings. The Balaban J connectivity index is 1.77. The third-order valence-corrected chi connectivity index (χ3v) is 5.69. The first kappa shape index (κ1) is 19.2. The summed E-state index contributed by atoms with van der Waals surface area (Å²) in [4.78, 5) is 0. The molecule has 0 aromatic heterocycles. The van der Waals surface area contributed by atoms with Gasteiger partial charge in [-0.15, -0.1) is 0 Å². The lowest BCUT2D eigenvalue weighted by Gasteiger charge is -2.17. The van der Waals surface area contributed by atoms with Gasteiger partial charge in [-0.1, -0.05) is 110 Å². The molecule has 0 aliphatic carbocycles. The Hall–Kier alpha value is -3.12. The monoisotopic (exact) mass is 376 g/mol. The Morgan fingerprint density at radius 2 is 1.07 bits per heavy atom. The van der Waals surface area contributed by atoms with E-state index in [1.807, 2.05) is 0 Å². The lowest BCUT2D eigenvalue weighted by molar-refractivity contribution is 0.925. The predicted octanol–water partition coefficient (Wildman–Crippen LogP) is 8.26. The molecule has 0 fully saturated rings. The van der Waals surface area contributed by atoms with Crippen LogP contribution in [0, 0.1) is 13.8 Å². The van der Waals surface area contributed by atoms with Crippen LogP contribution in [0.5, 0.6) is 0 Å². The Bertz CT molecular complexity index is 1100. The molecule has 0 atom stereocenters. The average molecular weight is 377 g/mol. The van der Waals surface area contributed by atoms with Crippen molar-refractivity contribution in [2.75, 3.05) is 0 Å². The van der Waals surface area contributed by atoms with Crippen LogP contribution in [-0.4, -0.2) is 0 Å². The van der Waals surface area contributed by atoms with Gasteiger partial charge in [0.1, 0.15) is 0 Å². The lowest BCUT2D eigenvalue weighted by Crippen LogP contribution is -1.95. The molecule has 0 radical (unpaired) electrons. The Morgan fingerprint density at radius 3 is 1.72 bits per heavy atom. The van der Waals surface area contributed by atoms with Crippen LogP contribution in [0.2, 0.25) is 0 Å². The smallest absolute Gasteiger partial charge is 0.0143 e. The van der Waals surface area contributed by atoms with E-state index in [-0.39, 0.29) is 0 Å². The van der Waals surface area contributed by atoms with E-state index < -0.39 is 0 Å². The van der Waals surface area contributed by atoms with E-state index in [9.17, 15) is 0 Å². The van der Waals surface area contributed by atoms with Gasteiger partial charge in [-0.2, -0.15) is 0 Å². The van der Waals surface area contributed by atoms with Gasteiger partial charge in [-0.05, 0) is 64.8 Å². The third-order valence-electron chi connectivity index (χ3n) is 5.69. The molecule has 0 spiro atoms. The van der Waals surface area contributed by atoms with Gasteiger partial charge in [-0.3, -0.25) is 0 Å². The van der Waals surface area contributed by atoms with E-state index >= 15 is 0 Å². The van der Waals surface area contributed by atoms with Gasteiger partial charge in [0, 0.05) is 0 Å². The molecule has 4 aromatic carbocycles. The summed E-state index contributed by atoms with van der Waals surface area (Å²) in [5.41, 5.74) is 12.0. The third kappa shape index (κ3) is 4.03. The van der Waals surface area contributed by atoms with Crippen molar-refractivity contribution in [3.8, 4) is 33.4 Å². The molecule has 0 bridgehead atoms. The summed E-state index contributed by atoms with van der Waals surface area (Å²) in [6, 6.07) is 33.2. The van der Waals surface area contributed by atoms with Crippen LogP contribution in [0.15, 0.2) is 91.0 Å². The fraction of sp³-hybridized carbons (Fsp3) is 0.172. The second-order valence-electron chi connectivity index (χ2n) is 7.84. The predicted molar refractivity (Wildman–Crippen MR) is 126 cm³/mol. The van der Waals surface area contributed by atoms with Crippen LogP contribution in [0.4, 0.5) is 0 Å². The number of aryl methyl sites for hydroxylation is 2. The average Bonchev–Trinajstić information content (AvgIpc) is 2.75. The molecule has 0 heteroatoms. The Morgan fingerprint density at radius 1 is 0.517 bits per heavy atom. The van der Waals surface area contributed by atoms with Crippen molar-refractivity contribution in [2.24, 2.45) is 0 Å². The van der Waals surface area contributed by atoms with Crippen LogP contribution in [0.25, 0.3) is 33.4 Å². The van der Waals surface area contributed by atoms with Crippen molar-refractivity contribution in [2.45, 2.75) is 33.6 Å². The molecule has 29 heavy (non-hydrogen) atoms. The molecule has 0 nitrogen and oxygen atoms in total. The molecule has 0 amide bonds. The number of hydrogen-bond acceptors (Lipinski definition) is 0. The van der Waals surface area contributed by atoms with Crippen molar-refractivity contribution in [3.63, 3.8) is 0 Å². The minimum Gasteiger partial charge on any atom is -0.0651 e. The van der Waals surface area contributed by atoms with Crippen LogP contribution in [0.1, 0.15) is 30.0 Å². The zero-order chi connectivity index (χ0) is 20.2. The van der Waals surface area contributed by atoms with Gasteiger partial charge in [0.2, 0.25) is 0 Å². The van der Waals surface area contributed by atoms with Crippen LogP contribution in [-0.2, 0) is 6.42 Å². The number of rotatable bonds is 5. The van der Waals surface area contributed by atoms with E-state index in [1.54, 1.807) is 0 Å². The maximum atomic E-state index is 2.28. The fourth-order valence-electron chi connectivity index (χ4n) is 4.09. The number of benzene rings is 4. The van der Waals surface area contributed by atoms with E-state index in [0.29, 0.717) is 0 Å². The molecular weight excluding hydrogens is 348 g/mol. The first-order chi connectivity index (χ1) is 14.2. The van der Waals surface area contributed by atoms with Gasteiger partial charge in [0.25, 0.3) is 0 Å². The molecule has 0 aliphatic heterocycles. The first-order valence-corrected chi connectivity index (χ1v) is 10.5. The normalized spacial score (nSPS) is 10.9. The van der Waals surface area contributed by atoms with Crippen molar-refractivity contribution >= 4 is 0 Å². The second-order valence-corrected chi connectivity index (χ2v) is 7.84. The lowest BCUT2D eigenvalue weighted by atomic mass is 9.87. The summed E-state index contributed by atoms with van der Waals surface area (Å²) in [7, 11) is 0. The highest BCUT2D eigenvalue weighted by Crippen LogP contribution is 2.35. The quantitative estimate of drug-likeness (QED) is 0.329. The molecule has 4 rings (SSSR count). The van der Waals surface area contributed by atoms with Gasteiger partial charge in [0.05, 0.1) is 0 Å². The highest BCUT2D eigenvalue weighted by molar-refractivity contribution is 5.81. The summed E-state index contributed by atoms with van der Waals surface area (Å²) in [6.07, 6.45) is 2.22. The Kier molecular flexibility index (Phi) is 5.62. The van der Waals surface area contributed by atoms with Crippen molar-refractivity contribution in [1.29, 1.82) is 0 Å². The van der Waals surface area contributed by atoms with E-state index in [1.165, 1.54) is 50.1 Å². The first-order valence-electron chi connectivity index (χ1n) is 10.5. The van der Waals surface area contributed by atoms with Gasteiger partial charge in [0.15, 0.2) is 0 Å². The second kappa shape index (κ2) is 8.49. The standard InChI is InChI=1S/C29H28/c1-4-8-28-27(11-7-12-29(28)26-10-6-5-9-22(26)3)25-19-17-24(18-20-25)23-15-13-21(2)14-16-23/h5-7,9-20H,4,8H2,1-3H3. The van der Waals surface area contributed by atoms with E-state index in [2.05, 4.69) is 112 Å². The van der Waals surface area contributed by atoms with Crippen molar-refractivity contribution < 1.29 is 0 Å². The largest absolute Gasteiger partial charge is 0.0651 e. The Labute approximate surface area is 174 Å². The zero-order valence-electron chi connectivity index (χ0n) is 17.6. The highest BCUT2D eigenvalue weighted by atomic mass is 14.2. The summed E-state index contributed by atoms with van der Waals surface area (Å²) in [5.74, 6) is 0. The molecule has 144 valence electrons. The number of hydrogen-bond donors (Lipinski definition) is 0. The van der Waals surface area contributed by atoms with Gasteiger partial charge in [-0.25, -0.2) is 0 Å². The maximum Gasteiger partial charge on any atom is -0.0143 e. The van der Waals surface area contributed by atoms with Crippen LogP contribution < -0.4 is 0 Å². The minimum absolute atomic E-state index is 1.08. The highest BCUT2D eigenvalue weighted by Gasteiger charge is 2.12. The van der Waals surface area contributed by atoms with E-state index in [0.717, 1.165) is 12.8 Å². The van der Waals surface area contributed by atoms with Crippen LogP contribution in [0.3, 0.4) is 0 Å². The minimum atomic E-state index is 1.08. The molecule has 0 N–H and O–H groups in total.